The van der Waals surface area contributed by atoms with Crippen LogP contribution >= 0.6 is 0 Å². The minimum Gasteiger partial charge on any atom is -0.309 e. The van der Waals surface area contributed by atoms with Crippen molar-refractivity contribution in [2.75, 3.05) is 0 Å². The zero-order valence-electron chi connectivity index (χ0n) is 11.0. The third-order valence-electron chi connectivity index (χ3n) is 3.72. The van der Waals surface area contributed by atoms with Crippen molar-refractivity contribution in [2.45, 2.75) is 52.1 Å². The van der Waals surface area contributed by atoms with Crippen LogP contribution in [0.2, 0.25) is 0 Å². The summed E-state index contributed by atoms with van der Waals surface area (Å²) in [5.74, 6) is 0.946. The van der Waals surface area contributed by atoms with Gasteiger partial charge in [0.2, 0.25) is 0 Å². The maximum atomic E-state index is 14.0. The topological polar surface area (TPSA) is 12.0 Å². The number of nitrogens with one attached hydrogen (secondary N) is 1. The highest BCUT2D eigenvalue weighted by Gasteiger charge is 2.30. The van der Waals surface area contributed by atoms with Gasteiger partial charge in [0.1, 0.15) is 5.82 Å². The van der Waals surface area contributed by atoms with E-state index in [4.69, 9.17) is 0 Å². The maximum absolute atomic E-state index is 14.0. The predicted molar refractivity (Wildman–Crippen MR) is 69.5 cm³/mol. The average Bonchev–Trinajstić information content (AvgIpc) is 2.29. The Morgan fingerprint density at radius 3 is 2.82 bits per heavy atom. The number of hydrogen-bond donors (Lipinski definition) is 1. The fourth-order valence-corrected chi connectivity index (χ4v) is 2.98. The van der Waals surface area contributed by atoms with Crippen molar-refractivity contribution in [3.8, 4) is 0 Å². The number of benzene rings is 1. The molecule has 0 fully saturated rings. The fourth-order valence-electron chi connectivity index (χ4n) is 2.98. The van der Waals surface area contributed by atoms with Crippen LogP contribution in [-0.4, -0.2) is 6.04 Å². The van der Waals surface area contributed by atoms with Gasteiger partial charge in [0.25, 0.3) is 0 Å². The van der Waals surface area contributed by atoms with Crippen molar-refractivity contribution in [2.24, 2.45) is 5.92 Å². The molecule has 0 radical (unpaired) electrons. The van der Waals surface area contributed by atoms with Gasteiger partial charge in [0.15, 0.2) is 0 Å². The fraction of sp³-hybridized carbons (Fsp3) is 0.600. The molecule has 17 heavy (non-hydrogen) atoms. The zero-order valence-corrected chi connectivity index (χ0v) is 11.0. The van der Waals surface area contributed by atoms with Crippen molar-refractivity contribution in [1.82, 2.24) is 5.32 Å². The van der Waals surface area contributed by atoms with E-state index in [1.54, 1.807) is 6.07 Å². The number of halogens is 1. The summed E-state index contributed by atoms with van der Waals surface area (Å²) in [5.41, 5.74) is 2.09. The second-order valence-electron chi connectivity index (χ2n) is 5.44. The summed E-state index contributed by atoms with van der Waals surface area (Å²) in [6.07, 6.45) is 2.12. The standard InChI is InChI=1S/C15H22FN/c1-4-12-14(8-10(2)3)17-9-11-6-5-7-13(16)15(11)12/h5-7,10,12,14,17H,4,8-9H2,1-3H3. The smallest absolute Gasteiger partial charge is 0.127 e. The Balaban J connectivity index is 2.32. The summed E-state index contributed by atoms with van der Waals surface area (Å²) >= 11 is 0. The molecule has 0 saturated carbocycles. The first-order valence-corrected chi connectivity index (χ1v) is 6.64. The van der Waals surface area contributed by atoms with Crippen molar-refractivity contribution in [3.63, 3.8) is 0 Å². The molecule has 1 aromatic carbocycles. The lowest BCUT2D eigenvalue weighted by Gasteiger charge is -2.35. The van der Waals surface area contributed by atoms with Crippen LogP contribution in [0.1, 0.15) is 50.7 Å². The van der Waals surface area contributed by atoms with Gasteiger partial charge in [-0.3, -0.25) is 0 Å². The summed E-state index contributed by atoms with van der Waals surface area (Å²) in [4.78, 5) is 0. The van der Waals surface area contributed by atoms with E-state index < -0.39 is 0 Å². The molecule has 0 amide bonds. The first-order chi connectivity index (χ1) is 8.13. The molecule has 0 saturated heterocycles. The van der Waals surface area contributed by atoms with Gasteiger partial charge in [0.05, 0.1) is 0 Å². The molecule has 2 unspecified atom stereocenters. The lowest BCUT2D eigenvalue weighted by molar-refractivity contribution is 0.329. The van der Waals surface area contributed by atoms with Crippen LogP contribution in [0.15, 0.2) is 18.2 Å². The second-order valence-corrected chi connectivity index (χ2v) is 5.44. The molecule has 1 nitrogen and oxygen atoms in total. The van der Waals surface area contributed by atoms with Crippen LogP contribution < -0.4 is 5.32 Å². The molecule has 1 heterocycles. The molecular weight excluding hydrogens is 213 g/mol. The molecule has 2 rings (SSSR count). The van der Waals surface area contributed by atoms with Crippen LogP contribution in [0.3, 0.4) is 0 Å². The van der Waals surface area contributed by atoms with E-state index in [0.29, 0.717) is 17.9 Å². The van der Waals surface area contributed by atoms with Crippen molar-refractivity contribution in [1.29, 1.82) is 0 Å². The Morgan fingerprint density at radius 2 is 2.18 bits per heavy atom. The largest absolute Gasteiger partial charge is 0.309 e. The van der Waals surface area contributed by atoms with Crippen molar-refractivity contribution < 1.29 is 4.39 Å². The van der Waals surface area contributed by atoms with E-state index >= 15 is 0 Å². The molecule has 94 valence electrons. The van der Waals surface area contributed by atoms with Crippen LogP contribution in [0.4, 0.5) is 4.39 Å². The number of rotatable bonds is 3. The summed E-state index contributed by atoms with van der Waals surface area (Å²) in [7, 11) is 0. The Labute approximate surface area is 103 Å². The molecule has 0 spiro atoms. The maximum Gasteiger partial charge on any atom is 0.127 e. The van der Waals surface area contributed by atoms with Gasteiger partial charge in [-0.15, -0.1) is 0 Å². The predicted octanol–water partition coefficient (Wildman–Crippen LogP) is 3.84. The second kappa shape index (κ2) is 5.18. The quantitative estimate of drug-likeness (QED) is 0.839. The highest BCUT2D eigenvalue weighted by atomic mass is 19.1. The normalized spacial score (nSPS) is 23.8. The van der Waals surface area contributed by atoms with E-state index in [0.717, 1.165) is 30.5 Å². The van der Waals surface area contributed by atoms with Crippen LogP contribution in [0.25, 0.3) is 0 Å². The minimum atomic E-state index is -0.0235. The van der Waals surface area contributed by atoms with E-state index in [-0.39, 0.29) is 5.82 Å². The average molecular weight is 235 g/mol. The van der Waals surface area contributed by atoms with Crippen LogP contribution in [-0.2, 0) is 6.54 Å². The van der Waals surface area contributed by atoms with Gasteiger partial charge in [0, 0.05) is 18.5 Å². The first-order valence-electron chi connectivity index (χ1n) is 6.64. The molecule has 1 N–H and O–H groups in total. The van der Waals surface area contributed by atoms with E-state index in [2.05, 4.69) is 26.1 Å². The van der Waals surface area contributed by atoms with E-state index in [1.165, 1.54) is 0 Å². The SMILES string of the molecule is CCC1c2c(F)cccc2CNC1CC(C)C. The van der Waals surface area contributed by atoms with Crippen LogP contribution in [0, 0.1) is 11.7 Å². The first kappa shape index (κ1) is 12.6. The monoisotopic (exact) mass is 235 g/mol. The highest BCUT2D eigenvalue weighted by Crippen LogP contribution is 2.34. The van der Waals surface area contributed by atoms with Gasteiger partial charge < -0.3 is 5.32 Å². The number of fused-ring (bicyclic) bond motifs is 1. The van der Waals surface area contributed by atoms with Crippen molar-refractivity contribution >= 4 is 0 Å². The lowest BCUT2D eigenvalue weighted by atomic mass is 9.79. The van der Waals surface area contributed by atoms with E-state index in [9.17, 15) is 4.39 Å². The molecule has 2 atom stereocenters. The molecule has 0 aliphatic carbocycles. The summed E-state index contributed by atoms with van der Waals surface area (Å²) in [5, 5.41) is 3.57. The van der Waals surface area contributed by atoms with Gasteiger partial charge in [-0.05, 0) is 36.0 Å². The summed E-state index contributed by atoms with van der Waals surface area (Å²) < 4.78 is 14.0. The van der Waals surface area contributed by atoms with Crippen LogP contribution in [0.5, 0.6) is 0 Å². The molecule has 0 bridgehead atoms. The Hall–Kier alpha value is -0.890. The third kappa shape index (κ3) is 2.52. The van der Waals surface area contributed by atoms with Crippen molar-refractivity contribution in [3.05, 3.63) is 35.1 Å². The highest BCUT2D eigenvalue weighted by molar-refractivity contribution is 5.35. The van der Waals surface area contributed by atoms with E-state index in [1.807, 2.05) is 12.1 Å². The van der Waals surface area contributed by atoms with Gasteiger partial charge >= 0.3 is 0 Å². The summed E-state index contributed by atoms with van der Waals surface area (Å²) in [6.45, 7) is 7.42. The Morgan fingerprint density at radius 1 is 1.41 bits per heavy atom. The molecular formula is C15H22FN. The third-order valence-corrected chi connectivity index (χ3v) is 3.72. The Kier molecular flexibility index (Phi) is 3.82. The number of hydrogen-bond acceptors (Lipinski definition) is 1. The van der Waals surface area contributed by atoms with Gasteiger partial charge in [-0.25, -0.2) is 4.39 Å². The zero-order chi connectivity index (χ0) is 12.4. The lowest BCUT2D eigenvalue weighted by Crippen LogP contribution is -2.40. The molecule has 1 aliphatic heterocycles. The van der Waals surface area contributed by atoms with Gasteiger partial charge in [-0.2, -0.15) is 0 Å². The molecule has 1 aliphatic rings. The minimum absolute atomic E-state index is 0.0235. The summed E-state index contributed by atoms with van der Waals surface area (Å²) in [6, 6.07) is 5.87. The molecule has 0 aromatic heterocycles. The molecule has 2 heteroatoms. The molecule has 1 aromatic rings. The van der Waals surface area contributed by atoms with Gasteiger partial charge in [-0.1, -0.05) is 32.9 Å². The Bertz CT molecular complexity index is 387.